The average molecular weight is 327 g/mol. The molecule has 1 nitrogen and oxygen atoms in total. The summed E-state index contributed by atoms with van der Waals surface area (Å²) in [6.07, 6.45) is -4.51. The van der Waals surface area contributed by atoms with Gasteiger partial charge in [-0.15, -0.1) is 0 Å². The van der Waals surface area contributed by atoms with Crippen LogP contribution in [-0.4, -0.2) is 4.98 Å². The lowest BCUT2D eigenvalue weighted by atomic mass is 10.1. The first-order valence-corrected chi connectivity index (χ1v) is 6.11. The zero-order valence-electron chi connectivity index (χ0n) is 9.10. The SMILES string of the molecule is FC(F)(F)c1cc(Cl)nc(-c2cccc(Cl)c2Cl)c1. The molecule has 0 spiro atoms. The van der Waals surface area contributed by atoms with Gasteiger partial charge in [-0.3, -0.25) is 0 Å². The number of alkyl halides is 3. The molecule has 7 heteroatoms. The van der Waals surface area contributed by atoms with Crippen LogP contribution in [0.3, 0.4) is 0 Å². The highest BCUT2D eigenvalue weighted by Gasteiger charge is 2.31. The van der Waals surface area contributed by atoms with E-state index < -0.39 is 11.7 Å². The maximum atomic E-state index is 12.7. The molecule has 0 radical (unpaired) electrons. The number of pyridine rings is 1. The van der Waals surface area contributed by atoms with Crippen molar-refractivity contribution in [2.24, 2.45) is 0 Å². The fraction of sp³-hybridized carbons (Fsp3) is 0.0833. The Morgan fingerprint density at radius 2 is 1.68 bits per heavy atom. The van der Waals surface area contributed by atoms with Crippen molar-refractivity contribution in [3.63, 3.8) is 0 Å². The molecule has 0 aliphatic carbocycles. The third-order valence-corrected chi connectivity index (χ3v) is 3.36. The second-order valence-corrected chi connectivity index (χ2v) is 4.84. The van der Waals surface area contributed by atoms with Gasteiger partial charge >= 0.3 is 6.18 Å². The summed E-state index contributed by atoms with van der Waals surface area (Å²) in [5, 5.41) is 0.0995. The van der Waals surface area contributed by atoms with Gasteiger partial charge in [0, 0.05) is 5.56 Å². The molecule has 1 heterocycles. The van der Waals surface area contributed by atoms with Crippen LogP contribution in [-0.2, 0) is 6.18 Å². The fourth-order valence-corrected chi connectivity index (χ4v) is 2.11. The Bertz CT molecular complexity index is 626. The number of hydrogen-bond acceptors (Lipinski definition) is 1. The van der Waals surface area contributed by atoms with Crippen LogP contribution in [0.4, 0.5) is 13.2 Å². The van der Waals surface area contributed by atoms with Gasteiger partial charge < -0.3 is 0 Å². The van der Waals surface area contributed by atoms with Crippen molar-refractivity contribution in [3.05, 3.63) is 51.1 Å². The predicted molar refractivity (Wildman–Crippen MR) is 69.7 cm³/mol. The summed E-state index contributed by atoms with van der Waals surface area (Å²) in [5.74, 6) is 0. The first kappa shape index (κ1) is 14.4. The molecule has 0 amide bonds. The largest absolute Gasteiger partial charge is 0.416 e. The Labute approximate surface area is 121 Å². The van der Waals surface area contributed by atoms with Gasteiger partial charge in [0.05, 0.1) is 21.3 Å². The predicted octanol–water partition coefficient (Wildman–Crippen LogP) is 5.73. The van der Waals surface area contributed by atoms with E-state index in [9.17, 15) is 13.2 Å². The van der Waals surface area contributed by atoms with E-state index in [2.05, 4.69) is 4.98 Å². The van der Waals surface area contributed by atoms with Crippen LogP contribution in [0.1, 0.15) is 5.56 Å². The normalized spacial score (nSPS) is 11.7. The summed E-state index contributed by atoms with van der Waals surface area (Å²) in [4.78, 5) is 3.84. The van der Waals surface area contributed by atoms with Crippen molar-refractivity contribution in [3.8, 4) is 11.3 Å². The van der Waals surface area contributed by atoms with Gasteiger partial charge in [0.1, 0.15) is 5.15 Å². The first-order valence-electron chi connectivity index (χ1n) is 4.98. The van der Waals surface area contributed by atoms with E-state index in [-0.39, 0.29) is 20.9 Å². The second kappa shape index (κ2) is 5.19. The van der Waals surface area contributed by atoms with Crippen LogP contribution in [0.2, 0.25) is 15.2 Å². The van der Waals surface area contributed by atoms with Gasteiger partial charge in [-0.2, -0.15) is 13.2 Å². The molecule has 0 saturated heterocycles. The van der Waals surface area contributed by atoms with Crippen molar-refractivity contribution >= 4 is 34.8 Å². The van der Waals surface area contributed by atoms with Crippen molar-refractivity contribution < 1.29 is 13.2 Å². The third-order valence-electron chi connectivity index (χ3n) is 2.35. The van der Waals surface area contributed by atoms with Crippen LogP contribution in [0, 0.1) is 0 Å². The minimum Gasteiger partial charge on any atom is -0.236 e. The van der Waals surface area contributed by atoms with Crippen LogP contribution in [0.25, 0.3) is 11.3 Å². The second-order valence-electron chi connectivity index (χ2n) is 3.66. The van der Waals surface area contributed by atoms with E-state index in [0.29, 0.717) is 5.56 Å². The average Bonchev–Trinajstić information content (AvgIpc) is 2.31. The zero-order chi connectivity index (χ0) is 14.2. The van der Waals surface area contributed by atoms with Crippen LogP contribution in [0.15, 0.2) is 30.3 Å². The highest BCUT2D eigenvalue weighted by atomic mass is 35.5. The van der Waals surface area contributed by atoms with Gasteiger partial charge in [-0.25, -0.2) is 4.98 Å². The minimum absolute atomic E-state index is 0.0207. The van der Waals surface area contributed by atoms with Gasteiger partial charge in [-0.05, 0) is 18.2 Å². The lowest BCUT2D eigenvalue weighted by Crippen LogP contribution is -2.05. The van der Waals surface area contributed by atoms with Crippen LogP contribution < -0.4 is 0 Å². The van der Waals surface area contributed by atoms with Gasteiger partial charge in [0.2, 0.25) is 0 Å². The van der Waals surface area contributed by atoms with Crippen molar-refractivity contribution in [2.75, 3.05) is 0 Å². The van der Waals surface area contributed by atoms with Crippen LogP contribution in [0.5, 0.6) is 0 Å². The molecular weight excluding hydrogens is 321 g/mol. The minimum atomic E-state index is -4.51. The Hall–Kier alpha value is -0.970. The molecule has 0 unspecified atom stereocenters. The Morgan fingerprint density at radius 1 is 1.00 bits per heavy atom. The summed E-state index contributed by atoms with van der Waals surface area (Å²) in [5.41, 5.74) is -0.576. The maximum absolute atomic E-state index is 12.7. The Morgan fingerprint density at radius 3 is 2.32 bits per heavy atom. The number of nitrogens with zero attached hydrogens (tertiary/aromatic N) is 1. The fourth-order valence-electron chi connectivity index (χ4n) is 1.50. The molecule has 1 aromatic heterocycles. The van der Waals surface area contributed by atoms with Crippen molar-refractivity contribution in [1.29, 1.82) is 0 Å². The van der Waals surface area contributed by atoms with Crippen molar-refractivity contribution in [2.45, 2.75) is 6.18 Å². The van der Waals surface area contributed by atoms with Gasteiger partial charge in [0.25, 0.3) is 0 Å². The molecule has 0 atom stereocenters. The number of halogens is 6. The van der Waals surface area contributed by atoms with E-state index in [0.717, 1.165) is 12.1 Å². The zero-order valence-corrected chi connectivity index (χ0v) is 11.4. The quantitative estimate of drug-likeness (QED) is 0.610. The molecule has 2 rings (SSSR count). The van der Waals surface area contributed by atoms with E-state index in [1.807, 2.05) is 0 Å². The van der Waals surface area contributed by atoms with E-state index in [4.69, 9.17) is 34.8 Å². The monoisotopic (exact) mass is 325 g/mol. The summed E-state index contributed by atoms with van der Waals surface area (Å²) in [6.45, 7) is 0. The summed E-state index contributed by atoms with van der Waals surface area (Å²) < 4.78 is 38.1. The third kappa shape index (κ3) is 3.14. The smallest absolute Gasteiger partial charge is 0.236 e. The molecule has 0 bridgehead atoms. The molecule has 0 N–H and O–H groups in total. The highest BCUT2D eigenvalue weighted by Crippen LogP contribution is 2.37. The molecule has 0 fully saturated rings. The van der Waals surface area contributed by atoms with E-state index in [1.165, 1.54) is 12.1 Å². The molecule has 1 aromatic carbocycles. The number of benzene rings is 1. The van der Waals surface area contributed by atoms with Crippen molar-refractivity contribution in [1.82, 2.24) is 4.98 Å². The number of hydrogen-bond donors (Lipinski definition) is 0. The Kier molecular flexibility index (Phi) is 3.95. The maximum Gasteiger partial charge on any atom is 0.416 e. The van der Waals surface area contributed by atoms with E-state index >= 15 is 0 Å². The summed E-state index contributed by atoms with van der Waals surface area (Å²) in [6, 6.07) is 6.25. The molecule has 100 valence electrons. The number of rotatable bonds is 1. The standard InChI is InChI=1S/C12H5Cl3F3N/c13-8-3-1-2-7(11(8)15)9-4-6(12(16,17)18)5-10(14)19-9/h1-5H. The lowest BCUT2D eigenvalue weighted by molar-refractivity contribution is -0.137. The molecule has 2 aromatic rings. The first-order chi connectivity index (χ1) is 8.79. The summed E-state index contributed by atoms with van der Waals surface area (Å²) >= 11 is 17.4. The molecule has 0 aliphatic rings. The number of aromatic nitrogens is 1. The molecule has 0 saturated carbocycles. The molecule has 19 heavy (non-hydrogen) atoms. The summed E-state index contributed by atoms with van der Waals surface area (Å²) in [7, 11) is 0. The van der Waals surface area contributed by atoms with Gasteiger partial charge in [-0.1, -0.05) is 46.9 Å². The van der Waals surface area contributed by atoms with E-state index in [1.54, 1.807) is 6.07 Å². The van der Waals surface area contributed by atoms with Crippen LogP contribution >= 0.6 is 34.8 Å². The molecule has 0 aliphatic heterocycles. The highest BCUT2D eigenvalue weighted by molar-refractivity contribution is 6.43. The lowest BCUT2D eigenvalue weighted by Gasteiger charge is -2.10. The topological polar surface area (TPSA) is 12.9 Å². The molecular formula is C12H5Cl3F3N. The van der Waals surface area contributed by atoms with Gasteiger partial charge in [0.15, 0.2) is 0 Å². The Balaban J connectivity index is 2.63.